The first-order valence-corrected chi connectivity index (χ1v) is 14.5. The van der Waals surface area contributed by atoms with Crippen molar-refractivity contribution in [1.29, 1.82) is 0 Å². The van der Waals surface area contributed by atoms with Crippen molar-refractivity contribution in [2.75, 3.05) is 43.4 Å². The molecule has 0 aliphatic carbocycles. The number of halogens is 4. The van der Waals surface area contributed by atoms with Crippen LogP contribution in [0.3, 0.4) is 0 Å². The van der Waals surface area contributed by atoms with Gasteiger partial charge in [-0.15, -0.1) is 11.3 Å². The molecule has 0 radical (unpaired) electrons. The second-order valence-corrected chi connectivity index (χ2v) is 11.1. The van der Waals surface area contributed by atoms with Crippen LogP contribution in [0.25, 0.3) is 10.4 Å². The molecule has 43 heavy (non-hydrogen) atoms. The lowest BCUT2D eigenvalue weighted by Gasteiger charge is -2.34. The Kier molecular flexibility index (Phi) is 9.19. The van der Waals surface area contributed by atoms with Gasteiger partial charge in [0.2, 0.25) is 0 Å². The van der Waals surface area contributed by atoms with Crippen LogP contribution in [0.5, 0.6) is 0 Å². The van der Waals surface area contributed by atoms with Gasteiger partial charge in [-0.25, -0.2) is 4.39 Å². The average molecular weight is 612 g/mol. The molecule has 2 amide bonds. The molecule has 1 fully saturated rings. The molecule has 5 rings (SSSR count). The van der Waals surface area contributed by atoms with Gasteiger partial charge in [0, 0.05) is 66.8 Å². The molecular weight excluding hydrogens is 582 g/mol. The molecule has 2 N–H and O–H groups in total. The van der Waals surface area contributed by atoms with Crippen LogP contribution in [0.2, 0.25) is 0 Å². The van der Waals surface area contributed by atoms with Crippen LogP contribution in [0, 0.1) is 5.82 Å². The number of alkyl halides is 3. The molecule has 0 atom stereocenters. The number of aromatic nitrogens is 1. The number of thiophene rings is 1. The third kappa shape index (κ3) is 7.45. The predicted octanol–water partition coefficient (Wildman–Crippen LogP) is 6.61. The van der Waals surface area contributed by atoms with E-state index in [1.807, 2.05) is 22.4 Å². The molecule has 2 aromatic heterocycles. The highest BCUT2D eigenvalue weighted by Crippen LogP contribution is 2.35. The van der Waals surface area contributed by atoms with E-state index in [0.717, 1.165) is 48.3 Å². The van der Waals surface area contributed by atoms with Crippen molar-refractivity contribution in [2.45, 2.75) is 19.6 Å². The highest BCUT2D eigenvalue weighted by atomic mass is 32.1. The first-order valence-electron chi connectivity index (χ1n) is 13.7. The molecule has 1 saturated heterocycles. The summed E-state index contributed by atoms with van der Waals surface area (Å²) in [5, 5.41) is 6.81. The van der Waals surface area contributed by atoms with Crippen molar-refractivity contribution < 1.29 is 27.2 Å². The van der Waals surface area contributed by atoms with E-state index < -0.39 is 29.4 Å². The number of carbonyl (C=O) groups is 2. The zero-order chi connectivity index (χ0) is 30.6. The number of carbonyl (C=O) groups excluding carboxylic acids is 2. The topological polar surface area (TPSA) is 77.6 Å². The van der Waals surface area contributed by atoms with Gasteiger partial charge in [-0.3, -0.25) is 19.5 Å². The van der Waals surface area contributed by atoms with Gasteiger partial charge < -0.3 is 15.5 Å². The van der Waals surface area contributed by atoms with E-state index in [4.69, 9.17) is 0 Å². The SMILES string of the molecule is CCN1CCN(Cc2ccc(NC(=O)c3ccc(F)c(NC(=O)c4cncc(-c5cccs5)c4)c3)cc2C(F)(F)F)CC1. The Labute approximate surface area is 250 Å². The minimum Gasteiger partial charge on any atom is -0.322 e. The van der Waals surface area contributed by atoms with Crippen LogP contribution in [0.15, 0.2) is 72.4 Å². The van der Waals surface area contributed by atoms with E-state index in [-0.39, 0.29) is 34.6 Å². The van der Waals surface area contributed by atoms with Crippen molar-refractivity contribution in [2.24, 2.45) is 0 Å². The summed E-state index contributed by atoms with van der Waals surface area (Å²) in [5.41, 5.74) is -0.147. The number of amides is 2. The standard InChI is InChI=1S/C31H29F4N5O2S/c1-2-39-9-11-40(12-10-39)19-21-5-7-24(16-25(21)31(33,34)35)37-29(41)20-6-8-26(32)27(15-20)38-30(42)23-14-22(17-36-18-23)28-4-3-13-43-28/h3-8,13-18H,2,9-12,19H2,1H3,(H,37,41)(H,38,42). The van der Waals surface area contributed by atoms with Gasteiger partial charge in [0.25, 0.3) is 11.8 Å². The molecule has 0 spiro atoms. The molecule has 1 aliphatic rings. The van der Waals surface area contributed by atoms with Crippen LogP contribution in [0.1, 0.15) is 38.8 Å². The minimum absolute atomic E-state index is 0.0476. The minimum atomic E-state index is -4.62. The normalized spacial score (nSPS) is 14.4. The molecule has 224 valence electrons. The number of hydrogen-bond donors (Lipinski definition) is 2. The van der Waals surface area contributed by atoms with Crippen molar-refractivity contribution in [1.82, 2.24) is 14.8 Å². The van der Waals surface area contributed by atoms with E-state index >= 15 is 0 Å². The third-order valence-electron chi connectivity index (χ3n) is 7.26. The van der Waals surface area contributed by atoms with Gasteiger partial charge in [0.05, 0.1) is 16.8 Å². The van der Waals surface area contributed by atoms with E-state index in [2.05, 4.69) is 27.4 Å². The van der Waals surface area contributed by atoms with Crippen LogP contribution >= 0.6 is 11.3 Å². The first kappa shape index (κ1) is 30.3. The molecule has 0 bridgehead atoms. The lowest BCUT2D eigenvalue weighted by molar-refractivity contribution is -0.138. The average Bonchev–Trinajstić information content (AvgIpc) is 3.54. The monoisotopic (exact) mass is 611 g/mol. The Morgan fingerprint density at radius 3 is 2.35 bits per heavy atom. The van der Waals surface area contributed by atoms with Gasteiger partial charge >= 0.3 is 6.18 Å². The molecular formula is C31H29F4N5O2S. The zero-order valence-corrected chi connectivity index (χ0v) is 24.1. The molecule has 0 unspecified atom stereocenters. The summed E-state index contributed by atoms with van der Waals surface area (Å²) >= 11 is 1.48. The Morgan fingerprint density at radius 2 is 1.65 bits per heavy atom. The van der Waals surface area contributed by atoms with Gasteiger partial charge in [0.15, 0.2) is 0 Å². The molecule has 12 heteroatoms. The lowest BCUT2D eigenvalue weighted by Crippen LogP contribution is -2.45. The summed E-state index contributed by atoms with van der Waals surface area (Å²) < 4.78 is 56.6. The highest BCUT2D eigenvalue weighted by Gasteiger charge is 2.34. The van der Waals surface area contributed by atoms with Gasteiger partial charge in [-0.1, -0.05) is 19.1 Å². The predicted molar refractivity (Wildman–Crippen MR) is 159 cm³/mol. The quantitative estimate of drug-likeness (QED) is 0.219. The maximum absolute atomic E-state index is 14.6. The maximum atomic E-state index is 14.6. The smallest absolute Gasteiger partial charge is 0.322 e. The second-order valence-electron chi connectivity index (χ2n) is 10.1. The van der Waals surface area contributed by atoms with Gasteiger partial charge in [0.1, 0.15) is 5.82 Å². The largest absolute Gasteiger partial charge is 0.416 e. The van der Waals surface area contributed by atoms with E-state index in [1.165, 1.54) is 35.7 Å². The van der Waals surface area contributed by atoms with Crippen molar-refractivity contribution in [3.05, 3.63) is 100 Å². The molecule has 3 heterocycles. The summed E-state index contributed by atoms with van der Waals surface area (Å²) in [6.07, 6.45) is -1.67. The summed E-state index contributed by atoms with van der Waals surface area (Å²) in [4.78, 5) is 35.1. The Bertz CT molecular complexity index is 1600. The summed E-state index contributed by atoms with van der Waals surface area (Å²) in [6, 6.07) is 12.4. The number of piperazine rings is 1. The fourth-order valence-corrected chi connectivity index (χ4v) is 5.57. The number of hydrogen-bond acceptors (Lipinski definition) is 6. The molecule has 2 aromatic carbocycles. The number of benzene rings is 2. The highest BCUT2D eigenvalue weighted by molar-refractivity contribution is 7.13. The second kappa shape index (κ2) is 13.0. The number of nitrogens with one attached hydrogen (secondary N) is 2. The Morgan fingerprint density at radius 1 is 0.907 bits per heavy atom. The van der Waals surface area contributed by atoms with E-state index in [0.29, 0.717) is 13.1 Å². The van der Waals surface area contributed by atoms with E-state index in [1.54, 1.807) is 12.3 Å². The zero-order valence-electron chi connectivity index (χ0n) is 23.2. The Balaban J connectivity index is 1.29. The molecule has 1 aliphatic heterocycles. The number of pyridine rings is 1. The summed E-state index contributed by atoms with van der Waals surface area (Å²) in [6.45, 7) is 6.03. The fourth-order valence-electron chi connectivity index (χ4n) is 4.86. The van der Waals surface area contributed by atoms with Crippen LogP contribution in [-0.2, 0) is 12.7 Å². The van der Waals surface area contributed by atoms with Gasteiger partial charge in [-0.2, -0.15) is 13.2 Å². The van der Waals surface area contributed by atoms with Crippen LogP contribution in [0.4, 0.5) is 28.9 Å². The van der Waals surface area contributed by atoms with Crippen molar-refractivity contribution >= 4 is 34.5 Å². The lowest BCUT2D eigenvalue weighted by atomic mass is 10.0. The fraction of sp³-hybridized carbons (Fsp3) is 0.258. The summed E-state index contributed by atoms with van der Waals surface area (Å²) in [7, 11) is 0. The van der Waals surface area contributed by atoms with Crippen LogP contribution < -0.4 is 10.6 Å². The number of likely N-dealkylation sites (N-methyl/N-ethyl adjacent to an activating group) is 1. The molecule has 4 aromatic rings. The number of nitrogens with zero attached hydrogens (tertiary/aromatic N) is 3. The van der Waals surface area contributed by atoms with Crippen molar-refractivity contribution in [3.63, 3.8) is 0 Å². The Hall–Kier alpha value is -4.13. The maximum Gasteiger partial charge on any atom is 0.416 e. The van der Waals surface area contributed by atoms with Crippen LogP contribution in [-0.4, -0.2) is 59.3 Å². The number of rotatable bonds is 8. The molecule has 7 nitrogen and oxygen atoms in total. The molecule has 0 saturated carbocycles. The first-order chi connectivity index (χ1) is 20.6. The van der Waals surface area contributed by atoms with E-state index in [9.17, 15) is 27.2 Å². The summed E-state index contributed by atoms with van der Waals surface area (Å²) in [5.74, 6) is -2.17. The number of anilines is 2. The third-order valence-corrected chi connectivity index (χ3v) is 8.18. The van der Waals surface area contributed by atoms with Gasteiger partial charge in [-0.05, 0) is 60.0 Å². The van der Waals surface area contributed by atoms with Crippen molar-refractivity contribution in [3.8, 4) is 10.4 Å².